The molecule has 0 spiro atoms. The number of amides is 1. The van der Waals surface area contributed by atoms with Gasteiger partial charge in [0.15, 0.2) is 5.60 Å². The van der Waals surface area contributed by atoms with E-state index in [1.807, 2.05) is 0 Å². The van der Waals surface area contributed by atoms with Gasteiger partial charge in [0.2, 0.25) is 0 Å². The lowest BCUT2D eigenvalue weighted by molar-refractivity contribution is -0.139. The molecule has 0 saturated carbocycles. The van der Waals surface area contributed by atoms with Crippen LogP contribution in [-0.4, -0.2) is 24.7 Å². The number of hydrogen-bond donors (Lipinski definition) is 1. The molecule has 1 heterocycles. The second-order valence-corrected chi connectivity index (χ2v) is 6.74. The zero-order chi connectivity index (χ0) is 21.2. The Labute approximate surface area is 164 Å². The molecule has 1 amide bonds. The van der Waals surface area contributed by atoms with Crippen molar-refractivity contribution in [2.45, 2.75) is 32.2 Å². The zero-order valence-electron chi connectivity index (χ0n) is 15.9. The van der Waals surface area contributed by atoms with Crippen molar-refractivity contribution in [3.63, 3.8) is 0 Å². The summed E-state index contributed by atoms with van der Waals surface area (Å²) in [7, 11) is 0. The third-order valence-electron chi connectivity index (χ3n) is 4.93. The van der Waals surface area contributed by atoms with Gasteiger partial charge in [0.25, 0.3) is 5.91 Å². The highest BCUT2D eigenvalue weighted by atomic mass is 19.4. The summed E-state index contributed by atoms with van der Waals surface area (Å²) >= 11 is 0. The van der Waals surface area contributed by atoms with Crippen LogP contribution in [0.2, 0.25) is 0 Å². The molecule has 2 aromatic carbocycles. The molecule has 0 aromatic heterocycles. The Morgan fingerprint density at radius 1 is 1.21 bits per heavy atom. The second-order valence-electron chi connectivity index (χ2n) is 6.74. The summed E-state index contributed by atoms with van der Waals surface area (Å²) in [4.78, 5) is 17.2. The molecule has 29 heavy (non-hydrogen) atoms. The van der Waals surface area contributed by atoms with Crippen LogP contribution in [0.25, 0.3) is 5.57 Å². The van der Waals surface area contributed by atoms with Gasteiger partial charge in [0.05, 0.1) is 17.5 Å². The minimum atomic E-state index is -4.47. The molecule has 0 fully saturated rings. The fourth-order valence-electron chi connectivity index (χ4n) is 3.32. The van der Waals surface area contributed by atoms with Crippen LogP contribution in [0.15, 0.2) is 47.5 Å². The molecule has 1 atom stereocenters. The van der Waals surface area contributed by atoms with E-state index in [9.17, 15) is 22.4 Å². The fourth-order valence-corrected chi connectivity index (χ4v) is 3.32. The van der Waals surface area contributed by atoms with Crippen molar-refractivity contribution in [3.8, 4) is 0 Å². The summed E-state index contributed by atoms with van der Waals surface area (Å²) in [6.45, 7) is 3.63. The van der Waals surface area contributed by atoms with E-state index in [1.54, 1.807) is 26.0 Å². The number of carbonyl (C=O) groups is 1. The van der Waals surface area contributed by atoms with Crippen LogP contribution in [0.5, 0.6) is 0 Å². The Hall–Kier alpha value is -2.74. The smallest absolute Gasteiger partial charge is 0.359 e. The van der Waals surface area contributed by atoms with E-state index in [0.29, 0.717) is 16.4 Å². The first-order valence-electron chi connectivity index (χ1n) is 9.07. The number of benzene rings is 2. The first-order valence-corrected chi connectivity index (χ1v) is 9.07. The molecule has 0 saturated heterocycles. The van der Waals surface area contributed by atoms with Gasteiger partial charge in [-0.05, 0) is 49.2 Å². The fraction of sp³-hybridized carbons (Fsp3) is 0.333. The van der Waals surface area contributed by atoms with Crippen molar-refractivity contribution < 1.29 is 27.1 Å². The average molecular weight is 408 g/mol. The van der Waals surface area contributed by atoms with Gasteiger partial charge >= 0.3 is 6.18 Å². The van der Waals surface area contributed by atoms with Crippen LogP contribution >= 0.6 is 0 Å². The quantitative estimate of drug-likeness (QED) is 0.774. The molecule has 4 nitrogen and oxygen atoms in total. The summed E-state index contributed by atoms with van der Waals surface area (Å²) in [6, 6.07) is 8.96. The number of hydrogen-bond acceptors (Lipinski definition) is 3. The molecule has 1 aliphatic heterocycles. The highest BCUT2D eigenvalue weighted by molar-refractivity contribution is 5.96. The van der Waals surface area contributed by atoms with Crippen LogP contribution in [0, 0.1) is 5.82 Å². The molecule has 0 aliphatic carbocycles. The van der Waals surface area contributed by atoms with Gasteiger partial charge in [-0.1, -0.05) is 18.2 Å². The van der Waals surface area contributed by atoms with Crippen LogP contribution in [0.3, 0.4) is 0 Å². The van der Waals surface area contributed by atoms with Crippen LogP contribution in [-0.2, 0) is 22.3 Å². The van der Waals surface area contributed by atoms with E-state index < -0.39 is 23.2 Å². The predicted octanol–water partition coefficient (Wildman–Crippen LogP) is 2.74. The van der Waals surface area contributed by atoms with Crippen molar-refractivity contribution in [2.75, 3.05) is 13.2 Å². The van der Waals surface area contributed by atoms with Gasteiger partial charge in [-0.15, -0.1) is 0 Å². The lowest BCUT2D eigenvalue weighted by atomic mass is 9.88. The summed E-state index contributed by atoms with van der Waals surface area (Å²) in [5, 5.41) is 3.38. The Bertz CT molecular complexity index is 1030. The monoisotopic (exact) mass is 408 g/mol. The van der Waals surface area contributed by atoms with Crippen molar-refractivity contribution in [1.82, 2.24) is 5.32 Å². The highest BCUT2D eigenvalue weighted by Gasteiger charge is 2.43. The number of rotatable bonds is 5. The number of halogens is 4. The van der Waals surface area contributed by atoms with Gasteiger partial charge in [-0.25, -0.2) is 4.39 Å². The summed E-state index contributed by atoms with van der Waals surface area (Å²) < 4.78 is 57.8. The molecule has 1 unspecified atom stereocenters. The minimum Gasteiger partial charge on any atom is -0.359 e. The third-order valence-corrected chi connectivity index (χ3v) is 4.93. The van der Waals surface area contributed by atoms with Crippen LogP contribution in [0.4, 0.5) is 17.6 Å². The molecule has 2 aromatic rings. The number of ether oxygens (including phenoxy) is 1. The van der Waals surface area contributed by atoms with Gasteiger partial charge in [-0.2, -0.15) is 13.2 Å². The molecule has 0 bridgehead atoms. The number of alkyl halides is 3. The number of fused-ring (bicyclic) bond motifs is 1. The Kier molecular flexibility index (Phi) is 5.75. The van der Waals surface area contributed by atoms with Gasteiger partial charge < -0.3 is 10.1 Å². The topological polar surface area (TPSA) is 50.7 Å². The lowest BCUT2D eigenvalue weighted by Gasteiger charge is -2.33. The molecule has 1 aliphatic rings. The average Bonchev–Trinajstić information content (AvgIpc) is 2.68. The normalized spacial score (nSPS) is 18.8. The summed E-state index contributed by atoms with van der Waals surface area (Å²) in [5.41, 5.74) is -1.01. The molecular weight excluding hydrogens is 388 g/mol. The zero-order valence-corrected chi connectivity index (χ0v) is 15.9. The molecule has 154 valence electrons. The maximum atomic E-state index is 13.0. The van der Waals surface area contributed by atoms with Crippen molar-refractivity contribution in [3.05, 3.63) is 70.0 Å². The molecule has 0 radical (unpaired) electrons. The lowest BCUT2D eigenvalue weighted by Crippen LogP contribution is -2.56. The number of carbonyl (C=O) groups excluding carboxylic acids is 1. The van der Waals surface area contributed by atoms with E-state index >= 15 is 0 Å². The van der Waals surface area contributed by atoms with Crippen LogP contribution < -0.4 is 15.9 Å². The number of nitrogens with zero attached hydrogens (tertiary/aromatic N) is 1. The standard InChI is InChI=1S/C21H20F4N2O2/c1-3-29-20(19(28)26-11-14-4-7-16(22)8-5-14)12-27-18-10-15(21(23,24)25)6-9-17(18)13(20)2/h4-10H,3,11-12H2,1-2H3,(H,26,28). The molecule has 3 rings (SSSR count). The third kappa shape index (κ3) is 4.17. The van der Waals surface area contributed by atoms with E-state index in [4.69, 9.17) is 4.74 Å². The second kappa shape index (κ2) is 7.94. The molecular formula is C21H20F4N2O2. The largest absolute Gasteiger partial charge is 0.416 e. The minimum absolute atomic E-state index is 0.129. The van der Waals surface area contributed by atoms with Gasteiger partial charge in [-0.3, -0.25) is 9.79 Å². The Morgan fingerprint density at radius 3 is 2.52 bits per heavy atom. The van der Waals surface area contributed by atoms with Crippen molar-refractivity contribution in [2.24, 2.45) is 4.99 Å². The van der Waals surface area contributed by atoms with Gasteiger partial charge in [0.1, 0.15) is 5.82 Å². The molecule has 8 heteroatoms. The van der Waals surface area contributed by atoms with Crippen LogP contribution in [0.1, 0.15) is 25.0 Å². The van der Waals surface area contributed by atoms with Gasteiger partial charge in [0, 0.05) is 18.4 Å². The Balaban J connectivity index is 1.94. The van der Waals surface area contributed by atoms with E-state index in [0.717, 1.165) is 12.1 Å². The van der Waals surface area contributed by atoms with E-state index in [2.05, 4.69) is 10.3 Å². The molecule has 1 N–H and O–H groups in total. The maximum Gasteiger partial charge on any atom is 0.416 e. The summed E-state index contributed by atoms with van der Waals surface area (Å²) in [6.07, 6.45) is -4.47. The maximum absolute atomic E-state index is 13.0. The Morgan fingerprint density at radius 2 is 1.90 bits per heavy atom. The number of nitrogens with one attached hydrogen (secondary N) is 1. The van der Waals surface area contributed by atoms with Crippen molar-refractivity contribution in [1.29, 1.82) is 0 Å². The van der Waals surface area contributed by atoms with E-state index in [1.165, 1.54) is 18.2 Å². The summed E-state index contributed by atoms with van der Waals surface area (Å²) in [5.74, 6) is -0.827. The van der Waals surface area contributed by atoms with Crippen molar-refractivity contribution >= 4 is 11.5 Å². The van der Waals surface area contributed by atoms with E-state index in [-0.39, 0.29) is 30.9 Å². The highest BCUT2D eigenvalue weighted by Crippen LogP contribution is 2.29. The first kappa shape index (κ1) is 21.0. The first-order chi connectivity index (χ1) is 13.7. The SMILES string of the molecule is CCOC1(C(=O)NCc2ccc(F)cc2)CN=c2cc(C(F)(F)F)ccc2=C1C. The predicted molar refractivity (Wildman–Crippen MR) is 98.8 cm³/mol.